The molecule has 1 N–H and O–H groups in total. The van der Waals surface area contributed by atoms with Crippen LogP contribution in [0, 0.1) is 6.92 Å². The third kappa shape index (κ3) is 3.30. The van der Waals surface area contributed by atoms with E-state index in [4.69, 9.17) is 4.52 Å². The van der Waals surface area contributed by atoms with Crippen LogP contribution in [0.25, 0.3) is 17.1 Å². The summed E-state index contributed by atoms with van der Waals surface area (Å²) in [4.78, 5) is 6.85. The Balaban J connectivity index is 0.00000182. The van der Waals surface area contributed by atoms with Crippen LogP contribution < -0.4 is 5.32 Å². The normalized spacial score (nSPS) is 18.1. The number of halogens is 1. The molecule has 0 bridgehead atoms. The summed E-state index contributed by atoms with van der Waals surface area (Å²) in [5, 5.41) is 12.0. The molecule has 0 radical (unpaired) electrons. The highest BCUT2D eigenvalue weighted by Gasteiger charge is 2.26. The fraction of sp³-hybridized carbons (Fsp3) is 0.353. The zero-order valence-corrected chi connectivity index (χ0v) is 15.0. The van der Waals surface area contributed by atoms with E-state index in [1.165, 1.54) is 0 Å². The minimum Gasteiger partial charge on any atom is -0.334 e. The Morgan fingerprint density at radius 3 is 2.80 bits per heavy atom. The third-order valence-corrected chi connectivity index (χ3v) is 4.49. The summed E-state index contributed by atoms with van der Waals surface area (Å²) < 4.78 is 7.40. The number of benzene rings is 1. The van der Waals surface area contributed by atoms with Crippen molar-refractivity contribution in [2.75, 3.05) is 26.7 Å². The van der Waals surface area contributed by atoms with Crippen molar-refractivity contribution in [2.24, 2.45) is 0 Å². The van der Waals surface area contributed by atoms with Gasteiger partial charge in [-0.25, -0.2) is 4.68 Å². The SMILES string of the molecule is Cc1c(-c2nc(C3CNCCN3C)no2)cnn1-c1ccccc1.Cl. The molecule has 25 heavy (non-hydrogen) atoms. The number of piperazine rings is 1. The Bertz CT molecular complexity index is 831. The molecule has 1 atom stereocenters. The Morgan fingerprint density at radius 1 is 1.24 bits per heavy atom. The Kier molecular flexibility index (Phi) is 5.17. The molecule has 1 aliphatic rings. The van der Waals surface area contributed by atoms with Crippen LogP contribution in [0.3, 0.4) is 0 Å². The van der Waals surface area contributed by atoms with E-state index in [0.717, 1.165) is 36.6 Å². The Labute approximate surface area is 152 Å². The van der Waals surface area contributed by atoms with Crippen molar-refractivity contribution in [2.45, 2.75) is 13.0 Å². The lowest BCUT2D eigenvalue weighted by molar-refractivity contribution is 0.190. The molecule has 3 heterocycles. The number of hydrogen-bond donors (Lipinski definition) is 1. The molecule has 4 rings (SSSR count). The summed E-state index contributed by atoms with van der Waals surface area (Å²) >= 11 is 0. The van der Waals surface area contributed by atoms with E-state index in [-0.39, 0.29) is 18.4 Å². The van der Waals surface area contributed by atoms with Crippen LogP contribution in [0.4, 0.5) is 0 Å². The van der Waals surface area contributed by atoms with Gasteiger partial charge in [0.15, 0.2) is 5.82 Å². The maximum Gasteiger partial charge on any atom is 0.261 e. The summed E-state index contributed by atoms with van der Waals surface area (Å²) in [5.74, 6) is 1.23. The van der Waals surface area contributed by atoms with Gasteiger partial charge in [0.2, 0.25) is 0 Å². The molecule has 1 fully saturated rings. The van der Waals surface area contributed by atoms with E-state index in [1.54, 1.807) is 6.20 Å². The average molecular weight is 361 g/mol. The molecule has 3 aromatic rings. The zero-order valence-electron chi connectivity index (χ0n) is 14.2. The summed E-state index contributed by atoms with van der Waals surface area (Å²) in [6.07, 6.45) is 1.78. The molecule has 1 aromatic carbocycles. The maximum atomic E-state index is 5.51. The minimum absolute atomic E-state index is 0. The number of rotatable bonds is 3. The first-order valence-electron chi connectivity index (χ1n) is 8.09. The lowest BCUT2D eigenvalue weighted by Gasteiger charge is -2.30. The van der Waals surface area contributed by atoms with Gasteiger partial charge in [0.05, 0.1) is 29.2 Å². The molecule has 0 saturated carbocycles. The van der Waals surface area contributed by atoms with Gasteiger partial charge in [-0.15, -0.1) is 12.4 Å². The van der Waals surface area contributed by atoms with Crippen molar-refractivity contribution in [3.8, 4) is 17.1 Å². The predicted octanol–water partition coefficient (Wildman–Crippen LogP) is 2.23. The summed E-state index contributed by atoms with van der Waals surface area (Å²) in [7, 11) is 2.08. The lowest BCUT2D eigenvalue weighted by atomic mass is 10.2. The van der Waals surface area contributed by atoms with Gasteiger partial charge in [-0.3, -0.25) is 4.90 Å². The summed E-state index contributed by atoms with van der Waals surface area (Å²) in [6, 6.07) is 10.2. The van der Waals surface area contributed by atoms with Gasteiger partial charge in [0.1, 0.15) is 0 Å². The van der Waals surface area contributed by atoms with E-state index in [2.05, 4.69) is 32.5 Å². The van der Waals surface area contributed by atoms with Crippen molar-refractivity contribution in [1.82, 2.24) is 30.1 Å². The van der Waals surface area contributed by atoms with E-state index in [1.807, 2.05) is 41.9 Å². The van der Waals surface area contributed by atoms with Gasteiger partial charge in [-0.2, -0.15) is 10.1 Å². The van der Waals surface area contributed by atoms with Crippen molar-refractivity contribution in [3.63, 3.8) is 0 Å². The molecule has 2 aromatic heterocycles. The lowest BCUT2D eigenvalue weighted by Crippen LogP contribution is -2.44. The molecular formula is C17H21ClN6O. The highest BCUT2D eigenvalue weighted by molar-refractivity contribution is 5.85. The molecule has 7 nitrogen and oxygen atoms in total. The fourth-order valence-corrected chi connectivity index (χ4v) is 3.02. The van der Waals surface area contributed by atoms with Gasteiger partial charge in [0, 0.05) is 19.6 Å². The van der Waals surface area contributed by atoms with Crippen molar-refractivity contribution in [1.29, 1.82) is 0 Å². The van der Waals surface area contributed by atoms with Crippen LogP contribution in [-0.4, -0.2) is 51.5 Å². The highest BCUT2D eigenvalue weighted by Crippen LogP contribution is 2.26. The van der Waals surface area contributed by atoms with Gasteiger partial charge in [-0.05, 0) is 26.1 Å². The van der Waals surface area contributed by atoms with Crippen molar-refractivity contribution in [3.05, 3.63) is 48.0 Å². The number of para-hydroxylation sites is 1. The van der Waals surface area contributed by atoms with Crippen LogP contribution in [0.15, 0.2) is 41.1 Å². The van der Waals surface area contributed by atoms with Crippen molar-refractivity contribution >= 4 is 12.4 Å². The first kappa shape index (κ1) is 17.6. The number of nitrogens with one attached hydrogen (secondary N) is 1. The van der Waals surface area contributed by atoms with Gasteiger partial charge in [0.25, 0.3) is 5.89 Å². The molecule has 0 amide bonds. The topological polar surface area (TPSA) is 72.0 Å². The highest BCUT2D eigenvalue weighted by atomic mass is 35.5. The molecule has 1 saturated heterocycles. The smallest absolute Gasteiger partial charge is 0.261 e. The number of nitrogens with zero attached hydrogens (tertiary/aromatic N) is 5. The second-order valence-corrected chi connectivity index (χ2v) is 6.05. The van der Waals surface area contributed by atoms with Crippen LogP contribution in [0.1, 0.15) is 17.6 Å². The maximum absolute atomic E-state index is 5.51. The van der Waals surface area contributed by atoms with E-state index in [9.17, 15) is 0 Å². The van der Waals surface area contributed by atoms with E-state index in [0.29, 0.717) is 11.7 Å². The van der Waals surface area contributed by atoms with E-state index < -0.39 is 0 Å². The largest absolute Gasteiger partial charge is 0.334 e. The average Bonchev–Trinajstić information content (AvgIpc) is 3.23. The third-order valence-electron chi connectivity index (χ3n) is 4.49. The molecule has 0 spiro atoms. The van der Waals surface area contributed by atoms with Crippen LogP contribution >= 0.6 is 12.4 Å². The van der Waals surface area contributed by atoms with Crippen molar-refractivity contribution < 1.29 is 4.52 Å². The molecule has 1 aliphatic heterocycles. The molecule has 132 valence electrons. The summed E-state index contributed by atoms with van der Waals surface area (Å²) in [5.41, 5.74) is 2.85. The first-order chi connectivity index (χ1) is 11.7. The van der Waals surface area contributed by atoms with Crippen LogP contribution in [0.2, 0.25) is 0 Å². The monoisotopic (exact) mass is 360 g/mol. The number of hydrogen-bond acceptors (Lipinski definition) is 6. The van der Waals surface area contributed by atoms with E-state index >= 15 is 0 Å². The quantitative estimate of drug-likeness (QED) is 0.772. The zero-order chi connectivity index (χ0) is 16.5. The molecule has 1 unspecified atom stereocenters. The minimum atomic E-state index is 0. The van der Waals surface area contributed by atoms with Gasteiger partial charge in [-0.1, -0.05) is 23.4 Å². The van der Waals surface area contributed by atoms with Crippen LogP contribution in [0.5, 0.6) is 0 Å². The molecular weight excluding hydrogens is 340 g/mol. The summed E-state index contributed by atoms with van der Waals surface area (Å²) in [6.45, 7) is 4.80. The first-order valence-corrected chi connectivity index (χ1v) is 8.09. The number of likely N-dealkylation sites (N-methyl/N-ethyl adjacent to an activating group) is 1. The van der Waals surface area contributed by atoms with Gasteiger partial charge < -0.3 is 9.84 Å². The Morgan fingerprint density at radius 2 is 2.04 bits per heavy atom. The van der Waals surface area contributed by atoms with Gasteiger partial charge >= 0.3 is 0 Å². The molecule has 8 heteroatoms. The second-order valence-electron chi connectivity index (χ2n) is 6.05. The molecule has 0 aliphatic carbocycles. The number of aromatic nitrogens is 4. The Hall–Kier alpha value is -2.22. The standard InChI is InChI=1S/C17H20N6O.ClH/c1-12-14(10-19-23(12)13-6-4-3-5-7-13)17-20-16(21-24-17)15-11-18-8-9-22(15)2;/h3-7,10,15,18H,8-9,11H2,1-2H3;1H. The fourth-order valence-electron chi connectivity index (χ4n) is 3.02. The predicted molar refractivity (Wildman–Crippen MR) is 97.1 cm³/mol. The second kappa shape index (κ2) is 7.35. The van der Waals surface area contributed by atoms with Crippen LogP contribution in [-0.2, 0) is 0 Å².